The molecule has 1 N–H and O–H groups in total. The molecule has 0 radical (unpaired) electrons. The molecule has 0 unspecified atom stereocenters. The number of anilines is 1. The van der Waals surface area contributed by atoms with Crippen LogP contribution < -0.4 is 4.72 Å². The van der Waals surface area contributed by atoms with Gasteiger partial charge in [0.05, 0.1) is 16.0 Å². The van der Waals surface area contributed by atoms with E-state index in [9.17, 15) is 13.2 Å². The standard InChI is InChI=1S/C14H14BrNO4S2/c1-2-9-20-14(17)10-3-5-11(6-4-10)16-22(18,19)13-8-7-12(15)21-13/h3-8,16H,2,9H2,1H3. The molecule has 0 aliphatic heterocycles. The van der Waals surface area contributed by atoms with Crippen LogP contribution in [0.1, 0.15) is 23.7 Å². The molecule has 1 heterocycles. The van der Waals surface area contributed by atoms with Gasteiger partial charge in [-0.25, -0.2) is 13.2 Å². The molecule has 22 heavy (non-hydrogen) atoms. The second-order valence-corrected chi connectivity index (χ2v) is 8.75. The quantitative estimate of drug-likeness (QED) is 0.742. The third-order valence-corrected chi connectivity index (χ3v) is 6.12. The van der Waals surface area contributed by atoms with Gasteiger partial charge in [-0.1, -0.05) is 6.92 Å². The van der Waals surface area contributed by atoms with Gasteiger partial charge in [-0.05, 0) is 58.7 Å². The Morgan fingerprint density at radius 2 is 1.91 bits per heavy atom. The van der Waals surface area contributed by atoms with Crippen LogP contribution >= 0.6 is 27.3 Å². The molecule has 1 aromatic carbocycles. The van der Waals surface area contributed by atoms with Gasteiger partial charge in [0.2, 0.25) is 0 Å². The second-order valence-electron chi connectivity index (χ2n) is 4.38. The largest absolute Gasteiger partial charge is 0.462 e. The number of sulfonamides is 1. The molecule has 0 saturated carbocycles. The topological polar surface area (TPSA) is 72.5 Å². The van der Waals surface area contributed by atoms with E-state index in [2.05, 4.69) is 20.7 Å². The van der Waals surface area contributed by atoms with Crippen molar-refractivity contribution >= 4 is 48.9 Å². The Balaban J connectivity index is 2.09. The first kappa shape index (κ1) is 17.0. The molecule has 2 rings (SSSR count). The van der Waals surface area contributed by atoms with Crippen molar-refractivity contribution in [3.05, 3.63) is 45.7 Å². The SMILES string of the molecule is CCCOC(=O)c1ccc(NS(=O)(=O)c2ccc(Br)s2)cc1. The summed E-state index contributed by atoms with van der Waals surface area (Å²) < 4.78 is 32.8. The Morgan fingerprint density at radius 1 is 1.23 bits per heavy atom. The fourth-order valence-corrected chi connectivity index (χ4v) is 4.67. The van der Waals surface area contributed by atoms with Gasteiger partial charge < -0.3 is 4.74 Å². The fraction of sp³-hybridized carbons (Fsp3) is 0.214. The normalized spacial score (nSPS) is 11.2. The van der Waals surface area contributed by atoms with E-state index < -0.39 is 16.0 Å². The summed E-state index contributed by atoms with van der Waals surface area (Å²) in [4.78, 5) is 11.7. The van der Waals surface area contributed by atoms with E-state index in [-0.39, 0.29) is 4.21 Å². The molecule has 5 nitrogen and oxygen atoms in total. The summed E-state index contributed by atoms with van der Waals surface area (Å²) in [5.41, 5.74) is 0.770. The van der Waals surface area contributed by atoms with Crippen molar-refractivity contribution in [2.45, 2.75) is 17.6 Å². The lowest BCUT2D eigenvalue weighted by Crippen LogP contribution is -2.12. The van der Waals surface area contributed by atoms with E-state index in [4.69, 9.17) is 4.74 Å². The maximum absolute atomic E-state index is 12.2. The van der Waals surface area contributed by atoms with Crippen molar-refractivity contribution in [1.82, 2.24) is 0 Å². The summed E-state index contributed by atoms with van der Waals surface area (Å²) >= 11 is 4.35. The summed E-state index contributed by atoms with van der Waals surface area (Å²) in [6.07, 6.45) is 0.750. The van der Waals surface area contributed by atoms with Crippen LogP contribution in [-0.4, -0.2) is 21.0 Å². The fourth-order valence-electron chi connectivity index (χ4n) is 1.60. The van der Waals surface area contributed by atoms with Crippen molar-refractivity contribution < 1.29 is 17.9 Å². The van der Waals surface area contributed by atoms with Gasteiger partial charge in [-0.3, -0.25) is 4.72 Å². The lowest BCUT2D eigenvalue weighted by molar-refractivity contribution is 0.0505. The number of thiophene rings is 1. The second kappa shape index (κ2) is 7.26. The molecule has 1 aromatic heterocycles. The van der Waals surface area contributed by atoms with E-state index in [0.717, 1.165) is 21.5 Å². The molecular weight excluding hydrogens is 390 g/mol. The van der Waals surface area contributed by atoms with Crippen molar-refractivity contribution in [2.24, 2.45) is 0 Å². The van der Waals surface area contributed by atoms with E-state index in [1.165, 1.54) is 30.3 Å². The number of hydrogen-bond acceptors (Lipinski definition) is 5. The third-order valence-electron chi connectivity index (χ3n) is 2.62. The van der Waals surface area contributed by atoms with Crippen LogP contribution in [0.5, 0.6) is 0 Å². The maximum Gasteiger partial charge on any atom is 0.338 e. The van der Waals surface area contributed by atoms with Gasteiger partial charge in [0.15, 0.2) is 0 Å². The number of benzene rings is 1. The van der Waals surface area contributed by atoms with Gasteiger partial charge >= 0.3 is 5.97 Å². The Labute approximate surface area is 141 Å². The van der Waals surface area contributed by atoms with E-state index in [1.807, 2.05) is 6.92 Å². The van der Waals surface area contributed by atoms with Gasteiger partial charge in [-0.2, -0.15) is 0 Å². The zero-order chi connectivity index (χ0) is 16.2. The first-order valence-electron chi connectivity index (χ1n) is 6.47. The highest BCUT2D eigenvalue weighted by molar-refractivity contribution is 9.11. The highest BCUT2D eigenvalue weighted by Gasteiger charge is 2.17. The van der Waals surface area contributed by atoms with Crippen molar-refractivity contribution in [3.8, 4) is 0 Å². The molecule has 0 amide bonds. The summed E-state index contributed by atoms with van der Waals surface area (Å²) in [7, 11) is -3.62. The van der Waals surface area contributed by atoms with Gasteiger partial charge in [0, 0.05) is 5.69 Å². The number of ether oxygens (including phenoxy) is 1. The molecule has 8 heteroatoms. The number of esters is 1. The minimum atomic E-state index is -3.62. The Hall–Kier alpha value is -1.38. The summed E-state index contributed by atoms with van der Waals surface area (Å²) in [5, 5.41) is 0. The van der Waals surface area contributed by atoms with Crippen LogP contribution in [0.3, 0.4) is 0 Å². The lowest BCUT2D eigenvalue weighted by atomic mass is 10.2. The van der Waals surface area contributed by atoms with Crippen molar-refractivity contribution in [1.29, 1.82) is 0 Å². The number of carbonyl (C=O) groups is 1. The van der Waals surface area contributed by atoms with Crippen LogP contribution in [0.2, 0.25) is 0 Å². The predicted octanol–water partition coefficient (Wildman–Crippen LogP) is 3.88. The number of nitrogens with one attached hydrogen (secondary N) is 1. The van der Waals surface area contributed by atoms with Crippen molar-refractivity contribution in [3.63, 3.8) is 0 Å². The number of carbonyl (C=O) groups excluding carboxylic acids is 1. The third kappa shape index (κ3) is 4.31. The molecule has 0 aliphatic carbocycles. The number of halogens is 1. The molecule has 0 saturated heterocycles. The van der Waals surface area contributed by atoms with Crippen molar-refractivity contribution in [2.75, 3.05) is 11.3 Å². The van der Waals surface area contributed by atoms with Gasteiger partial charge in [0.25, 0.3) is 10.0 Å². The highest BCUT2D eigenvalue weighted by Crippen LogP contribution is 2.27. The van der Waals surface area contributed by atoms with Gasteiger partial charge in [0.1, 0.15) is 4.21 Å². The number of rotatable bonds is 6. The van der Waals surface area contributed by atoms with Gasteiger partial charge in [-0.15, -0.1) is 11.3 Å². The Kier molecular flexibility index (Phi) is 5.60. The van der Waals surface area contributed by atoms with E-state index in [1.54, 1.807) is 6.07 Å². The molecule has 0 fully saturated rings. The van der Waals surface area contributed by atoms with E-state index in [0.29, 0.717) is 17.9 Å². The monoisotopic (exact) mass is 403 g/mol. The summed E-state index contributed by atoms with van der Waals surface area (Å²) in [5.74, 6) is -0.418. The van der Waals surface area contributed by atoms with Crippen LogP contribution in [0, 0.1) is 0 Å². The highest BCUT2D eigenvalue weighted by atomic mass is 79.9. The lowest BCUT2D eigenvalue weighted by Gasteiger charge is -2.07. The average Bonchev–Trinajstić information content (AvgIpc) is 2.92. The Morgan fingerprint density at radius 3 is 2.45 bits per heavy atom. The van der Waals surface area contributed by atoms with E-state index >= 15 is 0 Å². The van der Waals surface area contributed by atoms with Crippen LogP contribution in [0.25, 0.3) is 0 Å². The van der Waals surface area contributed by atoms with Crippen LogP contribution in [0.15, 0.2) is 44.4 Å². The predicted molar refractivity (Wildman–Crippen MR) is 89.8 cm³/mol. The Bertz CT molecular complexity index is 753. The average molecular weight is 404 g/mol. The molecule has 0 atom stereocenters. The first-order valence-corrected chi connectivity index (χ1v) is 9.57. The van der Waals surface area contributed by atoms with Crippen LogP contribution in [-0.2, 0) is 14.8 Å². The molecule has 0 bridgehead atoms. The minimum absolute atomic E-state index is 0.214. The molecule has 0 aliphatic rings. The van der Waals surface area contributed by atoms with Crippen LogP contribution in [0.4, 0.5) is 5.69 Å². The molecule has 118 valence electrons. The molecule has 0 spiro atoms. The summed E-state index contributed by atoms with van der Waals surface area (Å²) in [6, 6.07) is 9.31. The number of hydrogen-bond donors (Lipinski definition) is 1. The summed E-state index contributed by atoms with van der Waals surface area (Å²) in [6.45, 7) is 2.27. The molecular formula is C14H14BrNO4S2. The first-order chi connectivity index (χ1) is 10.4. The maximum atomic E-state index is 12.2. The molecule has 2 aromatic rings. The minimum Gasteiger partial charge on any atom is -0.462 e. The zero-order valence-electron chi connectivity index (χ0n) is 11.7. The zero-order valence-corrected chi connectivity index (χ0v) is 14.9. The smallest absolute Gasteiger partial charge is 0.338 e.